The van der Waals surface area contributed by atoms with Crippen LogP contribution in [0.5, 0.6) is 11.5 Å². The molecule has 0 saturated carbocycles. The molecular weight excluding hydrogens is 242 g/mol. The third-order valence-electron chi connectivity index (χ3n) is 2.34. The quantitative estimate of drug-likeness (QED) is 0.838. The highest BCUT2D eigenvalue weighted by Crippen LogP contribution is 2.08. The lowest BCUT2D eigenvalue weighted by molar-refractivity contribution is 0.197. The summed E-state index contributed by atoms with van der Waals surface area (Å²) in [5.41, 5.74) is 0. The van der Waals surface area contributed by atoms with Crippen LogP contribution in [0.2, 0.25) is 0 Å². The molecule has 0 spiro atoms. The Kier molecular flexibility index (Phi) is 4.81. The second-order valence-electron chi connectivity index (χ2n) is 3.79. The minimum atomic E-state index is -0.483. The average Bonchev–Trinajstić information content (AvgIpc) is 2.46. The first-order chi connectivity index (χ1) is 9.34. The molecule has 4 heteroatoms. The van der Waals surface area contributed by atoms with Crippen molar-refractivity contribution in [3.63, 3.8) is 0 Å². The van der Waals surface area contributed by atoms with E-state index in [-0.39, 0.29) is 0 Å². The van der Waals surface area contributed by atoms with Gasteiger partial charge < -0.3 is 14.8 Å². The Morgan fingerprint density at radius 1 is 0.895 bits per heavy atom. The number of benzene rings is 2. The average molecular weight is 257 g/mol. The van der Waals surface area contributed by atoms with Gasteiger partial charge in [0.25, 0.3) is 0 Å². The van der Waals surface area contributed by atoms with Gasteiger partial charge in [-0.05, 0) is 24.3 Å². The number of amides is 1. The number of hydrogen-bond acceptors (Lipinski definition) is 3. The van der Waals surface area contributed by atoms with Crippen molar-refractivity contribution < 1.29 is 14.3 Å². The number of hydrogen-bond donors (Lipinski definition) is 1. The molecule has 0 saturated heterocycles. The zero-order valence-electron chi connectivity index (χ0n) is 10.4. The van der Waals surface area contributed by atoms with E-state index >= 15 is 0 Å². The Labute approximate surface area is 112 Å². The van der Waals surface area contributed by atoms with Crippen molar-refractivity contribution in [3.05, 3.63) is 60.7 Å². The van der Waals surface area contributed by atoms with Crippen molar-refractivity contribution in [2.75, 3.05) is 13.2 Å². The SMILES string of the molecule is O=C(NCCOc1ccccc1)Oc1ccccc1. The van der Waals surface area contributed by atoms with Crippen molar-refractivity contribution in [1.29, 1.82) is 0 Å². The molecule has 2 aromatic carbocycles. The molecule has 1 N–H and O–H groups in total. The van der Waals surface area contributed by atoms with Crippen LogP contribution in [0.4, 0.5) is 4.79 Å². The van der Waals surface area contributed by atoms with Crippen LogP contribution < -0.4 is 14.8 Å². The van der Waals surface area contributed by atoms with Crippen molar-refractivity contribution >= 4 is 6.09 Å². The maximum atomic E-state index is 11.4. The summed E-state index contributed by atoms with van der Waals surface area (Å²) in [5, 5.41) is 2.62. The van der Waals surface area contributed by atoms with Crippen molar-refractivity contribution in [2.24, 2.45) is 0 Å². The lowest BCUT2D eigenvalue weighted by Gasteiger charge is -2.08. The van der Waals surface area contributed by atoms with Gasteiger partial charge in [0.1, 0.15) is 18.1 Å². The summed E-state index contributed by atoms with van der Waals surface area (Å²) < 4.78 is 10.5. The van der Waals surface area contributed by atoms with E-state index in [9.17, 15) is 4.79 Å². The van der Waals surface area contributed by atoms with E-state index in [0.29, 0.717) is 18.9 Å². The molecule has 0 aliphatic carbocycles. The van der Waals surface area contributed by atoms with E-state index in [2.05, 4.69) is 5.32 Å². The standard InChI is InChI=1S/C15H15NO3/c17-15(19-14-9-5-2-6-10-14)16-11-12-18-13-7-3-1-4-8-13/h1-10H,11-12H2,(H,16,17). The zero-order chi connectivity index (χ0) is 13.3. The summed E-state index contributed by atoms with van der Waals surface area (Å²) in [6.07, 6.45) is -0.483. The van der Waals surface area contributed by atoms with Crippen LogP contribution in [-0.4, -0.2) is 19.2 Å². The van der Waals surface area contributed by atoms with Crippen LogP contribution in [0.25, 0.3) is 0 Å². The molecule has 0 unspecified atom stereocenters. The van der Waals surface area contributed by atoms with Gasteiger partial charge in [-0.1, -0.05) is 36.4 Å². The molecule has 1 amide bonds. The van der Waals surface area contributed by atoms with Crippen LogP contribution in [-0.2, 0) is 0 Å². The number of rotatable bonds is 5. The van der Waals surface area contributed by atoms with Crippen molar-refractivity contribution in [1.82, 2.24) is 5.32 Å². The second kappa shape index (κ2) is 7.06. The first kappa shape index (κ1) is 13.0. The highest BCUT2D eigenvalue weighted by molar-refractivity contribution is 5.70. The first-order valence-electron chi connectivity index (χ1n) is 6.03. The Bertz CT molecular complexity index is 499. The molecule has 4 nitrogen and oxygen atoms in total. The number of nitrogens with one attached hydrogen (secondary N) is 1. The van der Waals surface area contributed by atoms with Gasteiger partial charge in [-0.25, -0.2) is 4.79 Å². The number of para-hydroxylation sites is 2. The minimum Gasteiger partial charge on any atom is -0.492 e. The highest BCUT2D eigenvalue weighted by Gasteiger charge is 2.02. The molecule has 2 rings (SSSR count). The van der Waals surface area contributed by atoms with E-state index in [0.717, 1.165) is 5.75 Å². The van der Waals surface area contributed by atoms with E-state index in [1.54, 1.807) is 24.3 Å². The predicted octanol–water partition coefficient (Wildman–Crippen LogP) is 2.85. The van der Waals surface area contributed by atoms with Crippen LogP contribution in [0.1, 0.15) is 0 Å². The molecule has 0 fully saturated rings. The smallest absolute Gasteiger partial charge is 0.412 e. The molecule has 98 valence electrons. The molecule has 0 aliphatic rings. The monoisotopic (exact) mass is 257 g/mol. The fourth-order valence-electron chi connectivity index (χ4n) is 1.47. The van der Waals surface area contributed by atoms with Gasteiger partial charge >= 0.3 is 6.09 Å². The van der Waals surface area contributed by atoms with Crippen LogP contribution >= 0.6 is 0 Å². The number of carbonyl (C=O) groups is 1. The molecule has 0 radical (unpaired) electrons. The Balaban J connectivity index is 1.65. The summed E-state index contributed by atoms with van der Waals surface area (Å²) in [6, 6.07) is 18.4. The van der Waals surface area contributed by atoms with Gasteiger partial charge in [0.15, 0.2) is 0 Å². The van der Waals surface area contributed by atoms with Crippen molar-refractivity contribution in [3.8, 4) is 11.5 Å². The van der Waals surface area contributed by atoms with Crippen LogP contribution in [0, 0.1) is 0 Å². The van der Waals surface area contributed by atoms with E-state index in [4.69, 9.17) is 9.47 Å². The first-order valence-corrected chi connectivity index (χ1v) is 6.03. The molecule has 19 heavy (non-hydrogen) atoms. The fraction of sp³-hybridized carbons (Fsp3) is 0.133. The molecule has 0 atom stereocenters. The highest BCUT2D eigenvalue weighted by atomic mass is 16.6. The molecule has 0 bridgehead atoms. The summed E-state index contributed by atoms with van der Waals surface area (Å²) in [6.45, 7) is 0.786. The Morgan fingerprint density at radius 2 is 1.47 bits per heavy atom. The second-order valence-corrected chi connectivity index (χ2v) is 3.79. The molecule has 0 heterocycles. The number of ether oxygens (including phenoxy) is 2. The summed E-state index contributed by atoms with van der Waals surface area (Å²) in [5.74, 6) is 1.30. The normalized spacial score (nSPS) is 9.68. The van der Waals surface area contributed by atoms with Crippen LogP contribution in [0.15, 0.2) is 60.7 Å². The van der Waals surface area contributed by atoms with Crippen molar-refractivity contribution in [2.45, 2.75) is 0 Å². The minimum absolute atomic E-state index is 0.389. The van der Waals surface area contributed by atoms with Gasteiger partial charge in [-0.3, -0.25) is 0 Å². The lowest BCUT2D eigenvalue weighted by Crippen LogP contribution is -2.30. The van der Waals surface area contributed by atoms with Gasteiger partial charge in [-0.2, -0.15) is 0 Å². The van der Waals surface area contributed by atoms with Crippen LogP contribution in [0.3, 0.4) is 0 Å². The van der Waals surface area contributed by atoms with E-state index in [1.165, 1.54) is 0 Å². The summed E-state index contributed by atoms with van der Waals surface area (Å²) >= 11 is 0. The van der Waals surface area contributed by atoms with Gasteiger partial charge in [-0.15, -0.1) is 0 Å². The number of carbonyl (C=O) groups excluding carboxylic acids is 1. The maximum Gasteiger partial charge on any atom is 0.412 e. The largest absolute Gasteiger partial charge is 0.492 e. The molecule has 0 aromatic heterocycles. The summed E-state index contributed by atoms with van der Waals surface area (Å²) in [7, 11) is 0. The van der Waals surface area contributed by atoms with E-state index < -0.39 is 6.09 Å². The fourth-order valence-corrected chi connectivity index (χ4v) is 1.47. The molecule has 0 aliphatic heterocycles. The van der Waals surface area contributed by atoms with Gasteiger partial charge in [0.05, 0.1) is 6.54 Å². The lowest BCUT2D eigenvalue weighted by atomic mass is 10.3. The summed E-state index contributed by atoms with van der Waals surface area (Å²) in [4.78, 5) is 11.4. The predicted molar refractivity (Wildman–Crippen MR) is 72.4 cm³/mol. The molecular formula is C15H15NO3. The van der Waals surface area contributed by atoms with E-state index in [1.807, 2.05) is 36.4 Å². The topological polar surface area (TPSA) is 47.6 Å². The Morgan fingerprint density at radius 3 is 2.11 bits per heavy atom. The third kappa shape index (κ3) is 4.71. The Hall–Kier alpha value is -2.49. The van der Waals surface area contributed by atoms with Gasteiger partial charge in [0.2, 0.25) is 0 Å². The molecule has 2 aromatic rings. The maximum absolute atomic E-state index is 11.4. The zero-order valence-corrected chi connectivity index (χ0v) is 10.4. The van der Waals surface area contributed by atoms with Gasteiger partial charge in [0, 0.05) is 0 Å². The third-order valence-corrected chi connectivity index (χ3v) is 2.34.